The van der Waals surface area contributed by atoms with Crippen LogP contribution in [0.4, 0.5) is 30.7 Å². The van der Waals surface area contributed by atoms with Crippen LogP contribution in [-0.2, 0) is 36.3 Å². The molecular formula is C36H31F7N6O2. The summed E-state index contributed by atoms with van der Waals surface area (Å²) in [6.45, 7) is 3.33. The van der Waals surface area contributed by atoms with Crippen molar-refractivity contribution in [3.8, 4) is 23.0 Å². The Bertz CT molecular complexity index is 2170. The van der Waals surface area contributed by atoms with E-state index in [0.29, 0.717) is 27.5 Å². The number of amides is 1. The van der Waals surface area contributed by atoms with Gasteiger partial charge >= 0.3 is 6.18 Å². The maximum absolute atomic E-state index is 15.5. The lowest BCUT2D eigenvalue weighted by atomic mass is 9.95. The second kappa shape index (κ2) is 13.1. The van der Waals surface area contributed by atoms with Gasteiger partial charge in [-0.25, -0.2) is 18.7 Å². The number of carbonyl (C=O) groups is 1. The number of H-pyrrole nitrogens is 1. The number of rotatable bonds is 8. The molecule has 1 aliphatic carbocycles. The molecule has 2 atom stereocenters. The number of pyridine rings is 2. The lowest BCUT2D eigenvalue weighted by molar-refractivity contribution is -0.142. The molecule has 1 amide bonds. The van der Waals surface area contributed by atoms with Crippen molar-refractivity contribution >= 4 is 16.9 Å². The van der Waals surface area contributed by atoms with Gasteiger partial charge in [0, 0.05) is 46.5 Å². The molecule has 4 heterocycles. The Kier molecular flexibility index (Phi) is 9.18. The molecule has 0 spiro atoms. The van der Waals surface area contributed by atoms with Crippen molar-refractivity contribution in [1.29, 1.82) is 0 Å². The average molecular weight is 713 g/mol. The van der Waals surface area contributed by atoms with Crippen molar-refractivity contribution in [3.63, 3.8) is 0 Å². The van der Waals surface area contributed by atoms with Crippen LogP contribution >= 0.6 is 0 Å². The second-order valence-corrected chi connectivity index (χ2v) is 12.9. The Hall–Kier alpha value is -5.23. The van der Waals surface area contributed by atoms with Crippen molar-refractivity contribution in [2.45, 2.75) is 70.3 Å². The van der Waals surface area contributed by atoms with Crippen LogP contribution in [0.25, 0.3) is 22.2 Å². The molecule has 0 bridgehead atoms. The van der Waals surface area contributed by atoms with Gasteiger partial charge in [0.05, 0.1) is 11.7 Å². The van der Waals surface area contributed by atoms with E-state index in [9.17, 15) is 31.9 Å². The molecular weight excluding hydrogens is 681 g/mol. The fraction of sp³-hybridized carbons (Fsp3) is 0.333. The minimum Gasteiger partial charge on any atom is -0.378 e. The number of aromatic amines is 1. The topological polar surface area (TPSA) is 109 Å². The SMILES string of the molecule is CCC1Cc2c(C(F)(F)F)nn(CC(=O)NC(Cc3cc(F)cc(F)c3)c3nc(C#CC(C)(C)O)ccc3-c3cnc4[nH]ccc4c3)c2C1(F)F. The van der Waals surface area contributed by atoms with E-state index in [1.165, 1.54) is 27.0 Å². The normalized spacial score (nSPS) is 16.1. The monoisotopic (exact) mass is 712 g/mol. The smallest absolute Gasteiger partial charge is 0.378 e. The highest BCUT2D eigenvalue weighted by molar-refractivity contribution is 5.82. The van der Waals surface area contributed by atoms with E-state index in [2.05, 4.69) is 37.2 Å². The molecule has 3 N–H and O–H groups in total. The number of hydrogen-bond donors (Lipinski definition) is 3. The van der Waals surface area contributed by atoms with E-state index in [-0.39, 0.29) is 29.8 Å². The van der Waals surface area contributed by atoms with Crippen molar-refractivity contribution in [2.75, 3.05) is 0 Å². The van der Waals surface area contributed by atoms with Gasteiger partial charge in [-0.3, -0.25) is 9.48 Å². The molecule has 0 saturated heterocycles. The third-order valence-corrected chi connectivity index (χ3v) is 8.54. The number of nitrogens with one attached hydrogen (secondary N) is 2. The van der Waals surface area contributed by atoms with Gasteiger partial charge in [0.15, 0.2) is 5.69 Å². The zero-order valence-electron chi connectivity index (χ0n) is 27.5. The molecule has 0 fully saturated rings. The van der Waals surface area contributed by atoms with Crippen LogP contribution in [0.3, 0.4) is 0 Å². The van der Waals surface area contributed by atoms with Gasteiger partial charge in [-0.1, -0.05) is 12.8 Å². The molecule has 6 rings (SSSR count). The van der Waals surface area contributed by atoms with Crippen molar-refractivity contribution < 1.29 is 40.6 Å². The zero-order chi connectivity index (χ0) is 36.9. The summed E-state index contributed by atoms with van der Waals surface area (Å²) >= 11 is 0. The maximum atomic E-state index is 15.5. The first-order chi connectivity index (χ1) is 23.9. The van der Waals surface area contributed by atoms with Crippen molar-refractivity contribution in [1.82, 2.24) is 30.0 Å². The molecule has 8 nitrogen and oxygen atoms in total. The van der Waals surface area contributed by atoms with Crippen LogP contribution in [0.15, 0.2) is 54.9 Å². The predicted molar refractivity (Wildman–Crippen MR) is 172 cm³/mol. The molecule has 0 saturated carbocycles. The van der Waals surface area contributed by atoms with Crippen molar-refractivity contribution in [2.24, 2.45) is 5.92 Å². The first-order valence-electron chi connectivity index (χ1n) is 15.9. The summed E-state index contributed by atoms with van der Waals surface area (Å²) in [5.74, 6) is -2.54. The van der Waals surface area contributed by atoms with Gasteiger partial charge in [0.2, 0.25) is 5.91 Å². The van der Waals surface area contributed by atoms with E-state index in [1.54, 1.807) is 30.5 Å². The van der Waals surface area contributed by atoms with E-state index in [4.69, 9.17) is 0 Å². The third-order valence-electron chi connectivity index (χ3n) is 8.54. The van der Waals surface area contributed by atoms with Crippen LogP contribution in [0.1, 0.15) is 67.1 Å². The summed E-state index contributed by atoms with van der Waals surface area (Å²) in [5.41, 5.74) is -2.70. The van der Waals surface area contributed by atoms with Gasteiger partial charge in [0.1, 0.15) is 40.8 Å². The highest BCUT2D eigenvalue weighted by Crippen LogP contribution is 2.50. The molecule has 266 valence electrons. The fourth-order valence-corrected chi connectivity index (χ4v) is 6.29. The average Bonchev–Trinajstić information content (AvgIpc) is 3.72. The first kappa shape index (κ1) is 35.6. The Balaban J connectivity index is 1.46. The number of aromatic nitrogens is 5. The Labute approximate surface area is 287 Å². The third kappa shape index (κ3) is 7.46. The number of benzene rings is 1. The van der Waals surface area contributed by atoms with Crippen LogP contribution in [-0.4, -0.2) is 41.3 Å². The fourth-order valence-electron chi connectivity index (χ4n) is 6.29. The minimum absolute atomic E-state index is 0.0781. The standard InChI is InChI=1S/C36H31F7N6O2/c1-4-22-15-27-31(36(41,42)43)48-49(32(27)35(22,39)40)18-29(50)47-28(13-19-11-23(37)16-24(38)12-19)30-26(6-5-25(46-30)7-9-34(2,3)51)21-14-20-8-10-44-33(20)45-17-21/h5-6,8,10-12,14,16-17,22,28,51H,4,13,15,18H2,1-3H3,(H,44,45)(H,47,50). The van der Waals surface area contributed by atoms with Crippen LogP contribution < -0.4 is 5.32 Å². The molecule has 0 aliphatic heterocycles. The molecule has 2 unspecified atom stereocenters. The number of alkyl halides is 5. The summed E-state index contributed by atoms with van der Waals surface area (Å²) in [6.07, 6.45) is -2.80. The highest BCUT2D eigenvalue weighted by atomic mass is 19.4. The Morgan fingerprint density at radius 2 is 1.86 bits per heavy atom. The van der Waals surface area contributed by atoms with Gasteiger partial charge in [-0.2, -0.15) is 27.1 Å². The van der Waals surface area contributed by atoms with E-state index in [0.717, 1.165) is 17.5 Å². The molecule has 1 aromatic carbocycles. The van der Waals surface area contributed by atoms with E-state index >= 15 is 8.78 Å². The molecule has 15 heteroatoms. The highest BCUT2D eigenvalue weighted by Gasteiger charge is 2.55. The molecule has 0 radical (unpaired) electrons. The lowest BCUT2D eigenvalue weighted by Crippen LogP contribution is -2.35. The summed E-state index contributed by atoms with van der Waals surface area (Å²) < 4.78 is 102. The molecule has 51 heavy (non-hydrogen) atoms. The first-order valence-corrected chi connectivity index (χ1v) is 15.9. The summed E-state index contributed by atoms with van der Waals surface area (Å²) in [6, 6.07) is 8.22. The Morgan fingerprint density at radius 3 is 2.53 bits per heavy atom. The van der Waals surface area contributed by atoms with E-state index in [1.807, 2.05) is 0 Å². The minimum atomic E-state index is -5.05. The summed E-state index contributed by atoms with van der Waals surface area (Å²) in [5, 5.41) is 17.0. The lowest BCUT2D eigenvalue weighted by Gasteiger charge is -2.23. The number of fused-ring (bicyclic) bond motifs is 2. The number of carbonyl (C=O) groups excluding carboxylic acids is 1. The van der Waals surface area contributed by atoms with E-state index < -0.39 is 77.1 Å². The molecule has 1 aliphatic rings. The molecule has 4 aromatic heterocycles. The largest absolute Gasteiger partial charge is 0.435 e. The summed E-state index contributed by atoms with van der Waals surface area (Å²) in [7, 11) is 0. The maximum Gasteiger partial charge on any atom is 0.435 e. The zero-order valence-corrected chi connectivity index (χ0v) is 27.5. The second-order valence-electron chi connectivity index (χ2n) is 12.9. The summed E-state index contributed by atoms with van der Waals surface area (Å²) in [4.78, 5) is 25.8. The number of halogens is 7. The Morgan fingerprint density at radius 1 is 1.14 bits per heavy atom. The van der Waals surface area contributed by atoms with Crippen LogP contribution in [0.5, 0.6) is 0 Å². The van der Waals surface area contributed by atoms with Crippen LogP contribution in [0, 0.1) is 29.4 Å². The quantitative estimate of drug-likeness (QED) is 0.119. The van der Waals surface area contributed by atoms with Gasteiger partial charge < -0.3 is 15.4 Å². The molecule has 5 aromatic rings. The number of hydrogen-bond acceptors (Lipinski definition) is 5. The predicted octanol–water partition coefficient (Wildman–Crippen LogP) is 7.02. The van der Waals surface area contributed by atoms with Crippen molar-refractivity contribution in [3.05, 3.63) is 100 Å². The van der Waals surface area contributed by atoms with Gasteiger partial charge in [-0.05, 0) is 81.0 Å². The number of nitrogens with zero attached hydrogens (tertiary/aromatic N) is 4. The van der Waals surface area contributed by atoms with Gasteiger partial charge in [0.25, 0.3) is 5.92 Å². The van der Waals surface area contributed by atoms with Crippen LogP contribution in [0.2, 0.25) is 0 Å². The van der Waals surface area contributed by atoms with Gasteiger partial charge in [-0.15, -0.1) is 0 Å². The number of aliphatic hydroxyl groups is 1.